The molecule has 2 heterocycles. The number of thiophene rings is 1. The summed E-state index contributed by atoms with van der Waals surface area (Å²) in [6.45, 7) is 1.86. The zero-order valence-electron chi connectivity index (χ0n) is 9.21. The first-order chi connectivity index (χ1) is 8.16. The summed E-state index contributed by atoms with van der Waals surface area (Å²) < 4.78 is 0. The van der Waals surface area contributed by atoms with Crippen LogP contribution in [0.5, 0.6) is 0 Å². The molecule has 0 spiro atoms. The third kappa shape index (κ3) is 3.12. The first-order valence-electron chi connectivity index (χ1n) is 5.12. The van der Waals surface area contributed by atoms with E-state index in [0.717, 1.165) is 9.88 Å². The molecule has 2 rings (SSSR count). The molecule has 2 N–H and O–H groups in total. The van der Waals surface area contributed by atoms with Crippen molar-refractivity contribution in [1.82, 2.24) is 10.3 Å². The minimum atomic E-state index is -0.547. The molecule has 17 heavy (non-hydrogen) atoms. The summed E-state index contributed by atoms with van der Waals surface area (Å²) in [5.74, 6) is -0.245. The zero-order chi connectivity index (χ0) is 12.3. The quantitative estimate of drug-likeness (QED) is 0.891. The number of aliphatic hydroxyl groups excluding tert-OH is 1. The molecule has 0 unspecified atom stereocenters. The minimum Gasteiger partial charge on any atom is -0.392 e. The van der Waals surface area contributed by atoms with Crippen LogP contribution in [-0.2, 0) is 0 Å². The van der Waals surface area contributed by atoms with Crippen LogP contribution in [0.15, 0.2) is 22.9 Å². The van der Waals surface area contributed by atoms with Crippen LogP contribution in [-0.4, -0.2) is 28.6 Å². The molecule has 0 bridgehead atoms. The minimum absolute atomic E-state index is 0.241. The van der Waals surface area contributed by atoms with Crippen LogP contribution in [0.25, 0.3) is 9.88 Å². The first-order valence-corrected chi connectivity index (χ1v) is 6.88. The predicted molar refractivity (Wildman–Crippen MR) is 69.4 cm³/mol. The van der Waals surface area contributed by atoms with E-state index in [4.69, 9.17) is 5.11 Å². The molecule has 0 aliphatic rings. The van der Waals surface area contributed by atoms with Gasteiger partial charge in [-0.3, -0.25) is 4.79 Å². The second-order valence-electron chi connectivity index (χ2n) is 3.57. The molecule has 1 atom stereocenters. The SMILES string of the molecule is C[C@@H](O)CNC(=O)c1csc(-c2cccs2)n1. The number of hydrogen-bond donors (Lipinski definition) is 2. The number of carbonyl (C=O) groups excluding carboxylic acids is 1. The van der Waals surface area contributed by atoms with Crippen molar-refractivity contribution in [3.05, 3.63) is 28.6 Å². The summed E-state index contributed by atoms with van der Waals surface area (Å²) in [4.78, 5) is 17.0. The Balaban J connectivity index is 2.05. The van der Waals surface area contributed by atoms with Crippen LogP contribution in [0.2, 0.25) is 0 Å². The number of hydrogen-bond acceptors (Lipinski definition) is 5. The maximum Gasteiger partial charge on any atom is 0.270 e. The van der Waals surface area contributed by atoms with Gasteiger partial charge in [-0.2, -0.15) is 0 Å². The summed E-state index contributed by atoms with van der Waals surface area (Å²) in [6.07, 6.45) is -0.547. The van der Waals surface area contributed by atoms with Gasteiger partial charge in [-0.05, 0) is 18.4 Å². The standard InChI is InChI=1S/C11H12N2O2S2/c1-7(14)5-12-10(15)8-6-17-11(13-8)9-3-2-4-16-9/h2-4,6-7,14H,5H2,1H3,(H,12,15)/t7-/m1/s1. The van der Waals surface area contributed by atoms with Gasteiger partial charge in [-0.1, -0.05) is 6.07 Å². The summed E-state index contributed by atoms with van der Waals surface area (Å²) in [5, 5.41) is 16.2. The highest BCUT2D eigenvalue weighted by molar-refractivity contribution is 7.20. The highest BCUT2D eigenvalue weighted by atomic mass is 32.1. The molecular formula is C11H12N2O2S2. The number of carbonyl (C=O) groups is 1. The maximum absolute atomic E-state index is 11.7. The van der Waals surface area contributed by atoms with E-state index in [1.165, 1.54) is 11.3 Å². The maximum atomic E-state index is 11.7. The van der Waals surface area contributed by atoms with Crippen molar-refractivity contribution in [3.63, 3.8) is 0 Å². The molecule has 0 aliphatic carbocycles. The van der Waals surface area contributed by atoms with Crippen molar-refractivity contribution in [2.24, 2.45) is 0 Å². The molecule has 1 amide bonds. The van der Waals surface area contributed by atoms with E-state index < -0.39 is 6.10 Å². The fraction of sp³-hybridized carbons (Fsp3) is 0.273. The van der Waals surface area contributed by atoms with Crippen molar-refractivity contribution in [2.75, 3.05) is 6.54 Å². The van der Waals surface area contributed by atoms with Gasteiger partial charge in [-0.25, -0.2) is 4.98 Å². The Labute approximate surface area is 107 Å². The molecule has 0 saturated heterocycles. The number of aromatic nitrogens is 1. The number of rotatable bonds is 4. The summed E-state index contributed by atoms with van der Waals surface area (Å²) in [6, 6.07) is 3.93. The van der Waals surface area contributed by atoms with Gasteiger partial charge in [0.2, 0.25) is 0 Å². The number of aliphatic hydroxyl groups is 1. The highest BCUT2D eigenvalue weighted by Crippen LogP contribution is 2.27. The van der Waals surface area contributed by atoms with Gasteiger partial charge in [0.05, 0.1) is 11.0 Å². The zero-order valence-corrected chi connectivity index (χ0v) is 10.8. The molecule has 2 aromatic heterocycles. The summed E-state index contributed by atoms with van der Waals surface area (Å²) in [5.41, 5.74) is 0.402. The summed E-state index contributed by atoms with van der Waals surface area (Å²) in [7, 11) is 0. The molecule has 4 nitrogen and oxygen atoms in total. The Morgan fingerprint density at radius 2 is 2.41 bits per heavy atom. The van der Waals surface area contributed by atoms with Crippen molar-refractivity contribution < 1.29 is 9.90 Å². The topological polar surface area (TPSA) is 62.2 Å². The molecule has 0 saturated carbocycles. The van der Waals surface area contributed by atoms with E-state index in [-0.39, 0.29) is 12.5 Å². The molecule has 2 aromatic rings. The van der Waals surface area contributed by atoms with E-state index in [2.05, 4.69) is 10.3 Å². The van der Waals surface area contributed by atoms with Gasteiger partial charge in [0.1, 0.15) is 10.7 Å². The van der Waals surface area contributed by atoms with Crippen LogP contribution in [0.1, 0.15) is 17.4 Å². The molecule has 0 aliphatic heterocycles. The summed E-state index contributed by atoms with van der Waals surface area (Å²) >= 11 is 3.04. The Bertz CT molecular complexity index is 491. The van der Waals surface area contributed by atoms with E-state index >= 15 is 0 Å². The molecular weight excluding hydrogens is 256 g/mol. The first kappa shape index (κ1) is 12.2. The van der Waals surface area contributed by atoms with E-state index in [9.17, 15) is 4.79 Å². The van der Waals surface area contributed by atoms with Crippen LogP contribution in [0.4, 0.5) is 0 Å². The largest absolute Gasteiger partial charge is 0.392 e. The lowest BCUT2D eigenvalue weighted by Gasteiger charge is -2.04. The van der Waals surface area contributed by atoms with Crippen molar-refractivity contribution in [3.8, 4) is 9.88 Å². The predicted octanol–water partition coefficient (Wildman–Crippen LogP) is 1.98. The van der Waals surface area contributed by atoms with Crippen molar-refractivity contribution >= 4 is 28.6 Å². The highest BCUT2D eigenvalue weighted by Gasteiger charge is 2.12. The normalized spacial score (nSPS) is 12.4. The van der Waals surface area contributed by atoms with Gasteiger partial charge in [-0.15, -0.1) is 22.7 Å². The molecule has 0 aromatic carbocycles. The van der Waals surface area contributed by atoms with E-state index in [1.54, 1.807) is 23.6 Å². The number of thiazole rings is 1. The van der Waals surface area contributed by atoms with Crippen molar-refractivity contribution in [1.29, 1.82) is 0 Å². The molecule has 90 valence electrons. The Kier molecular flexibility index (Phi) is 3.88. The molecule has 0 fully saturated rings. The average molecular weight is 268 g/mol. The Morgan fingerprint density at radius 1 is 1.59 bits per heavy atom. The average Bonchev–Trinajstić information content (AvgIpc) is 2.94. The number of nitrogens with zero attached hydrogens (tertiary/aromatic N) is 1. The lowest BCUT2D eigenvalue weighted by Crippen LogP contribution is -2.30. The number of amides is 1. The van der Waals surface area contributed by atoms with Crippen LogP contribution in [0.3, 0.4) is 0 Å². The molecule has 6 heteroatoms. The Hall–Kier alpha value is -1.24. The lowest BCUT2D eigenvalue weighted by atomic mass is 10.4. The fourth-order valence-corrected chi connectivity index (χ4v) is 2.84. The van der Waals surface area contributed by atoms with Gasteiger partial charge >= 0.3 is 0 Å². The molecule has 0 radical (unpaired) electrons. The van der Waals surface area contributed by atoms with Gasteiger partial charge in [0, 0.05) is 11.9 Å². The van der Waals surface area contributed by atoms with Crippen LogP contribution >= 0.6 is 22.7 Å². The third-order valence-corrected chi connectivity index (χ3v) is 3.91. The van der Waals surface area contributed by atoms with Crippen LogP contribution < -0.4 is 5.32 Å². The third-order valence-electron chi connectivity index (χ3n) is 2.03. The van der Waals surface area contributed by atoms with Crippen LogP contribution in [0, 0.1) is 0 Å². The van der Waals surface area contributed by atoms with E-state index in [0.29, 0.717) is 5.69 Å². The smallest absolute Gasteiger partial charge is 0.270 e. The van der Waals surface area contributed by atoms with E-state index in [1.807, 2.05) is 17.5 Å². The van der Waals surface area contributed by atoms with Gasteiger partial charge in [0.25, 0.3) is 5.91 Å². The van der Waals surface area contributed by atoms with Crippen molar-refractivity contribution in [2.45, 2.75) is 13.0 Å². The van der Waals surface area contributed by atoms with Gasteiger partial charge in [0.15, 0.2) is 0 Å². The second kappa shape index (κ2) is 5.39. The second-order valence-corrected chi connectivity index (χ2v) is 5.38. The fourth-order valence-electron chi connectivity index (χ4n) is 1.22. The Morgan fingerprint density at radius 3 is 3.06 bits per heavy atom. The monoisotopic (exact) mass is 268 g/mol. The lowest BCUT2D eigenvalue weighted by molar-refractivity contribution is 0.0920. The number of nitrogens with one attached hydrogen (secondary N) is 1. The van der Waals surface area contributed by atoms with Gasteiger partial charge < -0.3 is 10.4 Å².